The van der Waals surface area contributed by atoms with Gasteiger partial charge < -0.3 is 13.9 Å². The van der Waals surface area contributed by atoms with Crippen LogP contribution in [0.2, 0.25) is 0 Å². The summed E-state index contributed by atoms with van der Waals surface area (Å²) < 4.78 is 16.3. The van der Waals surface area contributed by atoms with E-state index in [2.05, 4.69) is 0 Å². The summed E-state index contributed by atoms with van der Waals surface area (Å²) in [4.78, 5) is 24.1. The summed E-state index contributed by atoms with van der Waals surface area (Å²) in [7, 11) is 0. The molecule has 3 rings (SSSR count). The molecule has 0 saturated carbocycles. The van der Waals surface area contributed by atoms with Gasteiger partial charge in [0.05, 0.1) is 0 Å². The monoisotopic (exact) mass is 366 g/mol. The van der Waals surface area contributed by atoms with Gasteiger partial charge in [0.2, 0.25) is 0 Å². The van der Waals surface area contributed by atoms with Crippen LogP contribution in [0.3, 0.4) is 0 Å². The minimum atomic E-state index is -0.781. The number of fused-ring (bicyclic) bond motifs is 1. The third kappa shape index (κ3) is 4.37. The number of hydrogen-bond acceptors (Lipinski definition) is 5. The van der Waals surface area contributed by atoms with E-state index in [0.29, 0.717) is 17.1 Å². The first-order valence-corrected chi connectivity index (χ1v) is 8.86. The van der Waals surface area contributed by atoms with E-state index in [4.69, 9.17) is 13.9 Å². The maximum atomic E-state index is 12.3. The second kappa shape index (κ2) is 7.66. The number of rotatable bonds is 5. The minimum absolute atomic E-state index is 0.174. The molecule has 27 heavy (non-hydrogen) atoms. The van der Waals surface area contributed by atoms with Crippen LogP contribution in [-0.2, 0) is 4.79 Å². The topological polar surface area (TPSA) is 65.7 Å². The summed E-state index contributed by atoms with van der Waals surface area (Å²) in [6.45, 7) is 7.59. The Bertz CT molecular complexity index is 1030. The number of ether oxygens (including phenoxy) is 2. The zero-order valence-corrected chi connectivity index (χ0v) is 15.8. The highest BCUT2D eigenvalue weighted by Crippen LogP contribution is 2.27. The number of benzene rings is 2. The summed E-state index contributed by atoms with van der Waals surface area (Å²) >= 11 is 0. The lowest BCUT2D eigenvalue weighted by Crippen LogP contribution is -2.28. The highest BCUT2D eigenvalue weighted by atomic mass is 16.6. The Morgan fingerprint density at radius 3 is 2.48 bits per heavy atom. The Kier molecular flexibility index (Phi) is 5.31. The third-order valence-corrected chi connectivity index (χ3v) is 4.22. The van der Waals surface area contributed by atoms with Crippen LogP contribution < -0.4 is 15.1 Å². The number of carbonyl (C=O) groups excluding carboxylic acids is 1. The molecule has 5 heteroatoms. The van der Waals surface area contributed by atoms with Crippen molar-refractivity contribution < 1.29 is 18.7 Å². The van der Waals surface area contributed by atoms with Gasteiger partial charge in [0.25, 0.3) is 0 Å². The van der Waals surface area contributed by atoms with E-state index in [1.807, 2.05) is 39.0 Å². The molecule has 0 aliphatic heterocycles. The molecule has 2 aromatic carbocycles. The molecule has 0 fully saturated rings. The molecule has 5 nitrogen and oxygen atoms in total. The second-order valence-electron chi connectivity index (χ2n) is 6.83. The molecule has 0 unspecified atom stereocenters. The van der Waals surface area contributed by atoms with Crippen molar-refractivity contribution in [3.63, 3.8) is 0 Å². The van der Waals surface area contributed by atoms with E-state index in [0.717, 1.165) is 16.5 Å². The average molecular weight is 366 g/mol. The Balaban J connectivity index is 1.79. The van der Waals surface area contributed by atoms with Crippen LogP contribution in [0.25, 0.3) is 11.0 Å². The Morgan fingerprint density at radius 2 is 1.78 bits per heavy atom. The fourth-order valence-corrected chi connectivity index (χ4v) is 2.85. The summed E-state index contributed by atoms with van der Waals surface area (Å²) in [6.07, 6.45) is -0.781. The van der Waals surface area contributed by atoms with Gasteiger partial charge in [-0.25, -0.2) is 9.59 Å². The molecule has 0 spiro atoms. The van der Waals surface area contributed by atoms with E-state index >= 15 is 0 Å². The number of esters is 1. The lowest BCUT2D eigenvalue weighted by molar-refractivity contribution is -0.141. The molecule has 0 saturated heterocycles. The van der Waals surface area contributed by atoms with E-state index < -0.39 is 17.7 Å². The highest BCUT2D eigenvalue weighted by Gasteiger charge is 2.18. The Hall–Kier alpha value is -3.08. The molecule has 0 aliphatic rings. The van der Waals surface area contributed by atoms with Crippen molar-refractivity contribution in [3.8, 4) is 11.5 Å². The molecular weight excluding hydrogens is 344 g/mol. The number of carbonyl (C=O) groups is 1. The van der Waals surface area contributed by atoms with Crippen molar-refractivity contribution in [2.75, 3.05) is 0 Å². The van der Waals surface area contributed by atoms with Gasteiger partial charge >= 0.3 is 11.6 Å². The van der Waals surface area contributed by atoms with Crippen LogP contribution in [0, 0.1) is 6.92 Å². The Labute approximate surface area is 157 Å². The van der Waals surface area contributed by atoms with Crippen molar-refractivity contribution in [1.82, 2.24) is 0 Å². The second-order valence-corrected chi connectivity index (χ2v) is 6.83. The maximum absolute atomic E-state index is 12.3. The molecule has 0 aliphatic carbocycles. The van der Waals surface area contributed by atoms with Gasteiger partial charge in [-0.15, -0.1) is 0 Å². The zero-order chi connectivity index (χ0) is 19.6. The van der Waals surface area contributed by atoms with Crippen molar-refractivity contribution in [1.29, 1.82) is 0 Å². The first-order valence-electron chi connectivity index (χ1n) is 8.86. The highest BCUT2D eigenvalue weighted by molar-refractivity contribution is 5.84. The SMILES string of the molecule is Cc1cccc(O[C@H](C)C(=O)Oc2ccc3c(C(C)C)cc(=O)oc3c2)c1. The van der Waals surface area contributed by atoms with Crippen molar-refractivity contribution in [2.45, 2.75) is 39.7 Å². The van der Waals surface area contributed by atoms with E-state index in [9.17, 15) is 9.59 Å². The zero-order valence-electron chi connectivity index (χ0n) is 15.8. The summed E-state index contributed by atoms with van der Waals surface area (Å²) in [5.74, 6) is 0.549. The lowest BCUT2D eigenvalue weighted by Gasteiger charge is -2.14. The van der Waals surface area contributed by atoms with E-state index in [-0.39, 0.29) is 5.92 Å². The summed E-state index contributed by atoms with van der Waals surface area (Å²) in [5, 5.41) is 0.827. The molecular formula is C22H22O5. The average Bonchev–Trinajstić information content (AvgIpc) is 2.60. The fourth-order valence-electron chi connectivity index (χ4n) is 2.85. The molecule has 0 bridgehead atoms. The first-order chi connectivity index (χ1) is 12.8. The van der Waals surface area contributed by atoms with Crippen LogP contribution in [0.1, 0.15) is 37.8 Å². The molecule has 0 radical (unpaired) electrons. The van der Waals surface area contributed by atoms with Gasteiger partial charge in [0.1, 0.15) is 17.1 Å². The van der Waals surface area contributed by atoms with Crippen LogP contribution in [0.5, 0.6) is 11.5 Å². The van der Waals surface area contributed by atoms with Gasteiger partial charge in [0.15, 0.2) is 6.10 Å². The van der Waals surface area contributed by atoms with Crippen molar-refractivity contribution >= 4 is 16.9 Å². The largest absolute Gasteiger partial charge is 0.479 e. The van der Waals surface area contributed by atoms with Gasteiger partial charge in [-0.3, -0.25) is 0 Å². The van der Waals surface area contributed by atoms with Gasteiger partial charge in [-0.05, 0) is 55.2 Å². The summed E-state index contributed by atoms with van der Waals surface area (Å²) in [6, 6.07) is 14.0. The Morgan fingerprint density at radius 1 is 1.00 bits per heavy atom. The smallest absolute Gasteiger partial charge is 0.352 e. The minimum Gasteiger partial charge on any atom is -0.479 e. The van der Waals surface area contributed by atoms with Gasteiger partial charge in [-0.1, -0.05) is 26.0 Å². The number of aryl methyl sites for hydroxylation is 1. The third-order valence-electron chi connectivity index (χ3n) is 4.22. The molecule has 3 aromatic rings. The molecule has 140 valence electrons. The molecule has 1 heterocycles. The van der Waals surface area contributed by atoms with Crippen molar-refractivity contribution in [3.05, 3.63) is 70.1 Å². The number of hydrogen-bond donors (Lipinski definition) is 0. The lowest BCUT2D eigenvalue weighted by atomic mass is 10.00. The molecule has 0 N–H and O–H groups in total. The van der Waals surface area contributed by atoms with Crippen LogP contribution >= 0.6 is 0 Å². The molecule has 0 amide bonds. The first kappa shape index (κ1) is 18.7. The predicted molar refractivity (Wildman–Crippen MR) is 103 cm³/mol. The van der Waals surface area contributed by atoms with E-state index in [1.165, 1.54) is 6.07 Å². The molecule has 1 atom stereocenters. The van der Waals surface area contributed by atoms with Gasteiger partial charge in [-0.2, -0.15) is 0 Å². The molecule has 1 aromatic heterocycles. The van der Waals surface area contributed by atoms with Crippen LogP contribution in [0.4, 0.5) is 0 Å². The summed E-state index contributed by atoms with van der Waals surface area (Å²) in [5.41, 5.74) is 1.91. The van der Waals surface area contributed by atoms with E-state index in [1.54, 1.807) is 31.2 Å². The normalized spacial score (nSPS) is 12.2. The van der Waals surface area contributed by atoms with Crippen molar-refractivity contribution in [2.24, 2.45) is 0 Å². The fraction of sp³-hybridized carbons (Fsp3) is 0.273. The standard InChI is InChI=1S/C22H22O5/c1-13(2)19-12-21(23)27-20-11-17(8-9-18(19)20)26-22(24)15(4)25-16-7-5-6-14(3)10-16/h5-13,15H,1-4H3/t15-/m1/s1. The maximum Gasteiger partial charge on any atom is 0.352 e. The predicted octanol–water partition coefficient (Wildman–Crippen LogP) is 4.60. The van der Waals surface area contributed by atoms with Gasteiger partial charge in [0, 0.05) is 17.5 Å². The van der Waals surface area contributed by atoms with Crippen LogP contribution in [-0.4, -0.2) is 12.1 Å². The van der Waals surface area contributed by atoms with Crippen LogP contribution in [0.15, 0.2) is 57.7 Å². The quantitative estimate of drug-likeness (QED) is 0.375.